The number of hydrogen-bond acceptors (Lipinski definition) is 5. The van der Waals surface area contributed by atoms with Gasteiger partial charge in [0.25, 0.3) is 0 Å². The second kappa shape index (κ2) is 9.03. The van der Waals surface area contributed by atoms with Gasteiger partial charge >= 0.3 is 5.97 Å². The van der Waals surface area contributed by atoms with Gasteiger partial charge in [-0.25, -0.2) is 13.1 Å². The Balaban J connectivity index is 1.54. The van der Waals surface area contributed by atoms with Crippen LogP contribution in [0, 0.1) is 11.8 Å². The van der Waals surface area contributed by atoms with Gasteiger partial charge < -0.3 is 15.3 Å². The van der Waals surface area contributed by atoms with Crippen LogP contribution in [0.25, 0.3) is 0 Å². The lowest BCUT2D eigenvalue weighted by molar-refractivity contribution is -0.136. The minimum Gasteiger partial charge on any atom is -0.481 e. The summed E-state index contributed by atoms with van der Waals surface area (Å²) in [4.78, 5) is 13.0. The van der Waals surface area contributed by atoms with Crippen LogP contribution in [0.15, 0.2) is 29.2 Å². The predicted molar refractivity (Wildman–Crippen MR) is 104 cm³/mol. The predicted octanol–water partition coefficient (Wildman–Crippen LogP) is 1.66. The number of nitrogens with one attached hydrogen (secondary N) is 2. The van der Waals surface area contributed by atoms with Crippen LogP contribution in [0.2, 0.25) is 0 Å². The first-order valence-corrected chi connectivity index (χ1v) is 11.2. The molecule has 2 aliphatic rings. The summed E-state index contributed by atoms with van der Waals surface area (Å²) < 4.78 is 26.7. The zero-order valence-electron chi connectivity index (χ0n) is 15.6. The van der Waals surface area contributed by atoms with Gasteiger partial charge in [0.1, 0.15) is 0 Å². The molecule has 0 atom stereocenters. The van der Waals surface area contributed by atoms with Crippen LogP contribution in [0.5, 0.6) is 0 Å². The first-order chi connectivity index (χ1) is 13.0. The second-order valence-electron chi connectivity index (χ2n) is 7.45. The van der Waals surface area contributed by atoms with Crippen molar-refractivity contribution in [2.45, 2.75) is 37.0 Å². The van der Waals surface area contributed by atoms with E-state index in [4.69, 9.17) is 5.11 Å². The van der Waals surface area contributed by atoms with Gasteiger partial charge in [-0.1, -0.05) is 0 Å². The molecule has 0 bridgehead atoms. The van der Waals surface area contributed by atoms with Gasteiger partial charge in [-0.15, -0.1) is 0 Å². The van der Waals surface area contributed by atoms with Crippen LogP contribution < -0.4 is 14.9 Å². The molecule has 2 saturated heterocycles. The third-order valence-corrected chi connectivity index (χ3v) is 7.21. The minimum atomic E-state index is -3.66. The highest BCUT2D eigenvalue weighted by Crippen LogP contribution is 2.32. The number of benzene rings is 1. The maximum atomic E-state index is 12.2. The summed E-state index contributed by atoms with van der Waals surface area (Å²) in [6, 6.07) is 6.88. The van der Waals surface area contributed by atoms with Gasteiger partial charge in [-0.2, -0.15) is 0 Å². The fourth-order valence-electron chi connectivity index (χ4n) is 4.16. The number of carbonyl (C=O) groups is 1. The number of carboxylic acid groups (broad SMARTS) is 1. The van der Waals surface area contributed by atoms with Gasteiger partial charge in [0.15, 0.2) is 0 Å². The number of rotatable bonds is 7. The third kappa shape index (κ3) is 5.43. The van der Waals surface area contributed by atoms with Crippen molar-refractivity contribution in [3.63, 3.8) is 0 Å². The maximum Gasteiger partial charge on any atom is 0.304 e. The maximum absolute atomic E-state index is 12.2. The van der Waals surface area contributed by atoms with Crippen molar-refractivity contribution in [1.29, 1.82) is 0 Å². The molecule has 2 aliphatic heterocycles. The van der Waals surface area contributed by atoms with E-state index in [2.05, 4.69) is 14.9 Å². The van der Waals surface area contributed by atoms with E-state index >= 15 is 0 Å². The summed E-state index contributed by atoms with van der Waals surface area (Å²) in [7, 11) is -3.66. The highest BCUT2D eigenvalue weighted by molar-refractivity contribution is 7.89. The lowest BCUT2D eigenvalue weighted by Gasteiger charge is -2.38. The molecule has 27 heavy (non-hydrogen) atoms. The molecular formula is C19H29N3O4S. The molecule has 0 aliphatic carbocycles. The van der Waals surface area contributed by atoms with Crippen LogP contribution in [0.4, 0.5) is 5.69 Å². The van der Waals surface area contributed by atoms with Crippen LogP contribution in [-0.2, 0) is 14.8 Å². The highest BCUT2D eigenvalue weighted by Gasteiger charge is 2.27. The van der Waals surface area contributed by atoms with Crippen molar-refractivity contribution < 1.29 is 18.3 Å². The molecule has 2 fully saturated rings. The number of carboxylic acids is 1. The quantitative estimate of drug-likeness (QED) is 0.649. The molecule has 2 heterocycles. The van der Waals surface area contributed by atoms with E-state index in [1.54, 1.807) is 12.1 Å². The van der Waals surface area contributed by atoms with Crippen molar-refractivity contribution in [1.82, 2.24) is 10.0 Å². The van der Waals surface area contributed by atoms with Crippen LogP contribution in [0.3, 0.4) is 0 Å². The first kappa shape index (κ1) is 20.1. The molecule has 0 aromatic heterocycles. The summed E-state index contributed by atoms with van der Waals surface area (Å²) in [5.74, 6) is 0.625. The van der Waals surface area contributed by atoms with E-state index in [-0.39, 0.29) is 17.9 Å². The standard InChI is InChI=1S/C19H29N3O4S/c23-19(24)7-12-21-27(25,26)18-3-1-17(2-4-18)22-13-8-16(9-14-22)15-5-10-20-11-6-15/h1-4,15-16,20-21H,5-14H2,(H,23,24). The summed E-state index contributed by atoms with van der Waals surface area (Å²) in [6.07, 6.45) is 4.73. The van der Waals surface area contributed by atoms with Crippen molar-refractivity contribution in [2.24, 2.45) is 11.8 Å². The Kier molecular flexibility index (Phi) is 6.73. The Bertz CT molecular complexity index is 722. The SMILES string of the molecule is O=C(O)CCNS(=O)(=O)c1ccc(N2CCC(C3CCNCC3)CC2)cc1. The summed E-state index contributed by atoms with van der Waals surface area (Å²) in [5, 5.41) is 12.1. The largest absolute Gasteiger partial charge is 0.481 e. The van der Waals surface area contributed by atoms with E-state index < -0.39 is 16.0 Å². The molecule has 150 valence electrons. The van der Waals surface area contributed by atoms with E-state index in [1.165, 1.54) is 25.7 Å². The van der Waals surface area contributed by atoms with Crippen LogP contribution in [-0.4, -0.2) is 52.2 Å². The van der Waals surface area contributed by atoms with Crippen molar-refractivity contribution in [3.05, 3.63) is 24.3 Å². The van der Waals surface area contributed by atoms with Crippen molar-refractivity contribution >= 4 is 21.7 Å². The molecule has 1 aromatic carbocycles. The van der Waals surface area contributed by atoms with Crippen LogP contribution >= 0.6 is 0 Å². The molecule has 0 spiro atoms. The normalized spacial score (nSPS) is 19.9. The lowest BCUT2D eigenvalue weighted by atomic mass is 9.79. The molecule has 1 aromatic rings. The molecule has 0 amide bonds. The van der Waals surface area contributed by atoms with E-state index in [1.807, 2.05) is 12.1 Å². The minimum absolute atomic E-state index is 0.108. The fraction of sp³-hybridized carbons (Fsp3) is 0.632. The molecule has 0 saturated carbocycles. The third-order valence-electron chi connectivity index (χ3n) is 5.73. The average molecular weight is 396 g/mol. The smallest absolute Gasteiger partial charge is 0.304 e. The fourth-order valence-corrected chi connectivity index (χ4v) is 5.19. The van der Waals surface area contributed by atoms with E-state index in [0.29, 0.717) is 0 Å². The summed E-state index contributed by atoms with van der Waals surface area (Å²) in [5.41, 5.74) is 1.04. The first-order valence-electron chi connectivity index (χ1n) is 9.73. The van der Waals surface area contributed by atoms with Crippen molar-refractivity contribution in [2.75, 3.05) is 37.6 Å². The van der Waals surface area contributed by atoms with E-state index in [9.17, 15) is 13.2 Å². The molecule has 7 nitrogen and oxygen atoms in total. The topological polar surface area (TPSA) is 98.7 Å². The average Bonchev–Trinajstić information content (AvgIpc) is 2.68. The van der Waals surface area contributed by atoms with Gasteiger partial charge in [0, 0.05) is 25.3 Å². The number of piperidine rings is 2. The number of aliphatic carboxylic acids is 1. The Hall–Kier alpha value is -1.64. The number of anilines is 1. The highest BCUT2D eigenvalue weighted by atomic mass is 32.2. The summed E-state index contributed by atoms with van der Waals surface area (Å²) >= 11 is 0. The van der Waals surface area contributed by atoms with Gasteiger partial charge in [-0.05, 0) is 74.9 Å². The van der Waals surface area contributed by atoms with Gasteiger partial charge in [0.05, 0.1) is 11.3 Å². The zero-order chi connectivity index (χ0) is 19.3. The molecular weight excluding hydrogens is 366 g/mol. The Morgan fingerprint density at radius 3 is 2.26 bits per heavy atom. The summed E-state index contributed by atoms with van der Waals surface area (Å²) in [6.45, 7) is 4.20. The number of hydrogen-bond donors (Lipinski definition) is 3. The lowest BCUT2D eigenvalue weighted by Crippen LogP contribution is -2.39. The molecule has 8 heteroatoms. The number of nitrogens with zero attached hydrogens (tertiary/aromatic N) is 1. The monoisotopic (exact) mass is 395 g/mol. The van der Waals surface area contributed by atoms with Crippen molar-refractivity contribution in [3.8, 4) is 0 Å². The molecule has 3 rings (SSSR count). The second-order valence-corrected chi connectivity index (χ2v) is 9.21. The Morgan fingerprint density at radius 1 is 1.07 bits per heavy atom. The zero-order valence-corrected chi connectivity index (χ0v) is 16.4. The van der Waals surface area contributed by atoms with Crippen LogP contribution in [0.1, 0.15) is 32.1 Å². The van der Waals surface area contributed by atoms with Gasteiger partial charge in [0.2, 0.25) is 10.0 Å². The Morgan fingerprint density at radius 2 is 1.67 bits per heavy atom. The number of sulfonamides is 1. The van der Waals surface area contributed by atoms with Gasteiger partial charge in [-0.3, -0.25) is 4.79 Å². The molecule has 0 unspecified atom stereocenters. The van der Waals surface area contributed by atoms with E-state index in [0.717, 1.165) is 43.7 Å². The Labute approximate surface area is 161 Å². The molecule has 0 radical (unpaired) electrons. The molecule has 3 N–H and O–H groups in total.